The van der Waals surface area contributed by atoms with Gasteiger partial charge in [-0.15, -0.1) is 0 Å². The van der Waals surface area contributed by atoms with E-state index in [0.717, 1.165) is 27.8 Å². The van der Waals surface area contributed by atoms with Gasteiger partial charge in [-0.05, 0) is 35.4 Å². The molecule has 0 amide bonds. The zero-order valence-electron chi connectivity index (χ0n) is 9.36. The molecule has 2 rings (SSSR count). The van der Waals surface area contributed by atoms with Crippen molar-refractivity contribution in [3.63, 3.8) is 0 Å². The van der Waals surface area contributed by atoms with E-state index in [4.69, 9.17) is 5.73 Å². The molecule has 0 fully saturated rings. The Morgan fingerprint density at radius 3 is 2.76 bits per heavy atom. The van der Waals surface area contributed by atoms with Gasteiger partial charge >= 0.3 is 0 Å². The van der Waals surface area contributed by atoms with Crippen molar-refractivity contribution in [2.45, 2.75) is 13.1 Å². The number of hydrogen-bond acceptors (Lipinski definition) is 3. The molecule has 4 heteroatoms. The molecule has 0 aliphatic heterocycles. The van der Waals surface area contributed by atoms with Gasteiger partial charge in [-0.3, -0.25) is 4.98 Å². The largest absolute Gasteiger partial charge is 0.381 e. The van der Waals surface area contributed by atoms with E-state index in [1.807, 2.05) is 30.5 Å². The molecule has 1 aromatic heterocycles. The van der Waals surface area contributed by atoms with Gasteiger partial charge < -0.3 is 11.1 Å². The quantitative estimate of drug-likeness (QED) is 0.911. The summed E-state index contributed by atoms with van der Waals surface area (Å²) >= 11 is 3.44. The van der Waals surface area contributed by atoms with Crippen LogP contribution in [-0.2, 0) is 13.1 Å². The zero-order chi connectivity index (χ0) is 12.1. The molecule has 0 aliphatic rings. The Morgan fingerprint density at radius 2 is 2.00 bits per heavy atom. The molecule has 0 saturated heterocycles. The molecule has 88 valence electrons. The number of rotatable bonds is 4. The fourth-order valence-corrected chi connectivity index (χ4v) is 1.95. The molecule has 3 nitrogen and oxygen atoms in total. The van der Waals surface area contributed by atoms with Crippen molar-refractivity contribution < 1.29 is 0 Å². The van der Waals surface area contributed by atoms with Gasteiger partial charge in [-0.25, -0.2) is 0 Å². The molecular formula is C13H14BrN3. The summed E-state index contributed by atoms with van der Waals surface area (Å²) in [5, 5.41) is 3.34. The molecule has 17 heavy (non-hydrogen) atoms. The summed E-state index contributed by atoms with van der Waals surface area (Å²) in [6, 6.07) is 10.1. The summed E-state index contributed by atoms with van der Waals surface area (Å²) in [7, 11) is 0. The van der Waals surface area contributed by atoms with Gasteiger partial charge in [0, 0.05) is 35.6 Å². The number of nitrogens with zero attached hydrogens (tertiary/aromatic N) is 1. The highest BCUT2D eigenvalue weighted by Gasteiger charge is 1.97. The van der Waals surface area contributed by atoms with Crippen LogP contribution in [0.4, 0.5) is 5.69 Å². The van der Waals surface area contributed by atoms with E-state index in [0.29, 0.717) is 6.54 Å². The van der Waals surface area contributed by atoms with E-state index >= 15 is 0 Å². The van der Waals surface area contributed by atoms with Crippen LogP contribution in [0, 0.1) is 0 Å². The molecule has 1 aromatic carbocycles. The first-order valence-corrected chi connectivity index (χ1v) is 6.19. The van der Waals surface area contributed by atoms with Crippen molar-refractivity contribution in [1.29, 1.82) is 0 Å². The molecule has 0 aliphatic carbocycles. The number of hydrogen-bond donors (Lipinski definition) is 2. The van der Waals surface area contributed by atoms with Crippen LogP contribution in [-0.4, -0.2) is 4.98 Å². The predicted molar refractivity (Wildman–Crippen MR) is 73.6 cm³/mol. The van der Waals surface area contributed by atoms with Crippen LogP contribution in [0.2, 0.25) is 0 Å². The minimum Gasteiger partial charge on any atom is -0.381 e. The van der Waals surface area contributed by atoms with Crippen molar-refractivity contribution in [2.24, 2.45) is 5.73 Å². The Hall–Kier alpha value is -1.39. The molecule has 0 atom stereocenters. The lowest BCUT2D eigenvalue weighted by molar-refractivity contribution is 1.02. The van der Waals surface area contributed by atoms with Gasteiger partial charge in [0.15, 0.2) is 0 Å². The maximum atomic E-state index is 5.58. The number of pyridine rings is 1. The summed E-state index contributed by atoms with van der Waals surface area (Å²) in [4.78, 5) is 4.16. The summed E-state index contributed by atoms with van der Waals surface area (Å²) in [5.74, 6) is 0. The number of benzene rings is 1. The van der Waals surface area contributed by atoms with Crippen LogP contribution in [0.25, 0.3) is 0 Å². The number of nitrogens with two attached hydrogens (primary N) is 1. The first-order valence-electron chi connectivity index (χ1n) is 5.40. The van der Waals surface area contributed by atoms with Crippen LogP contribution in [0.5, 0.6) is 0 Å². The first-order chi connectivity index (χ1) is 8.28. The van der Waals surface area contributed by atoms with Crippen LogP contribution >= 0.6 is 15.9 Å². The van der Waals surface area contributed by atoms with E-state index in [1.165, 1.54) is 0 Å². The molecule has 0 bridgehead atoms. The van der Waals surface area contributed by atoms with Gasteiger partial charge in [0.2, 0.25) is 0 Å². The average molecular weight is 292 g/mol. The minimum absolute atomic E-state index is 0.526. The Morgan fingerprint density at radius 1 is 1.18 bits per heavy atom. The minimum atomic E-state index is 0.526. The number of nitrogens with one attached hydrogen (secondary N) is 1. The second-order valence-corrected chi connectivity index (χ2v) is 4.69. The lowest BCUT2D eigenvalue weighted by Crippen LogP contribution is -2.02. The highest BCUT2D eigenvalue weighted by atomic mass is 79.9. The van der Waals surface area contributed by atoms with Gasteiger partial charge in [0.05, 0.1) is 0 Å². The van der Waals surface area contributed by atoms with Crippen molar-refractivity contribution in [3.05, 3.63) is 58.3 Å². The molecule has 0 spiro atoms. The summed E-state index contributed by atoms with van der Waals surface area (Å²) in [6.45, 7) is 1.27. The van der Waals surface area contributed by atoms with Crippen molar-refractivity contribution in [3.8, 4) is 0 Å². The van der Waals surface area contributed by atoms with E-state index in [1.54, 1.807) is 6.20 Å². The Kier molecular flexibility index (Phi) is 4.12. The van der Waals surface area contributed by atoms with Gasteiger partial charge in [-0.1, -0.05) is 22.0 Å². The third-order valence-electron chi connectivity index (χ3n) is 2.41. The number of aromatic nitrogens is 1. The Labute approximate surface area is 109 Å². The molecule has 0 saturated carbocycles. The highest BCUT2D eigenvalue weighted by Crippen LogP contribution is 2.16. The standard InChI is InChI=1S/C13H14BrN3/c14-12-2-1-3-13(5-12)17-9-11-4-10(6-15)7-16-8-11/h1-5,7-8,17H,6,9,15H2. The lowest BCUT2D eigenvalue weighted by Gasteiger charge is -2.07. The third kappa shape index (κ3) is 3.54. The Bertz CT molecular complexity index is 500. The fourth-order valence-electron chi connectivity index (χ4n) is 1.55. The van der Waals surface area contributed by atoms with Gasteiger partial charge in [-0.2, -0.15) is 0 Å². The molecule has 3 N–H and O–H groups in total. The molecule has 2 aromatic rings. The van der Waals surface area contributed by atoms with Gasteiger partial charge in [0.1, 0.15) is 0 Å². The Balaban J connectivity index is 2.02. The van der Waals surface area contributed by atoms with Crippen LogP contribution in [0.1, 0.15) is 11.1 Å². The smallest absolute Gasteiger partial charge is 0.0416 e. The van der Waals surface area contributed by atoms with E-state index in [-0.39, 0.29) is 0 Å². The number of halogens is 1. The zero-order valence-corrected chi connectivity index (χ0v) is 10.9. The van der Waals surface area contributed by atoms with E-state index in [9.17, 15) is 0 Å². The maximum Gasteiger partial charge on any atom is 0.0416 e. The monoisotopic (exact) mass is 291 g/mol. The average Bonchev–Trinajstić information content (AvgIpc) is 2.37. The fraction of sp³-hybridized carbons (Fsp3) is 0.154. The lowest BCUT2D eigenvalue weighted by atomic mass is 10.2. The summed E-state index contributed by atoms with van der Waals surface area (Å²) in [6.07, 6.45) is 3.65. The normalized spacial score (nSPS) is 10.2. The van der Waals surface area contributed by atoms with Crippen LogP contribution in [0.15, 0.2) is 47.2 Å². The molecule has 0 radical (unpaired) electrons. The van der Waals surface area contributed by atoms with Crippen molar-refractivity contribution >= 4 is 21.6 Å². The maximum absolute atomic E-state index is 5.58. The topological polar surface area (TPSA) is 50.9 Å². The summed E-state index contributed by atoms with van der Waals surface area (Å²) in [5.41, 5.74) is 8.85. The van der Waals surface area contributed by atoms with Crippen molar-refractivity contribution in [2.75, 3.05) is 5.32 Å². The molecule has 1 heterocycles. The van der Waals surface area contributed by atoms with Crippen molar-refractivity contribution in [1.82, 2.24) is 4.98 Å². The first kappa shape index (κ1) is 12.1. The SMILES string of the molecule is NCc1cncc(CNc2cccc(Br)c2)c1. The second-order valence-electron chi connectivity index (χ2n) is 3.77. The van der Waals surface area contributed by atoms with Crippen LogP contribution in [0.3, 0.4) is 0 Å². The van der Waals surface area contributed by atoms with Crippen LogP contribution < -0.4 is 11.1 Å². The number of anilines is 1. The molecular weight excluding hydrogens is 278 g/mol. The van der Waals surface area contributed by atoms with E-state index < -0.39 is 0 Å². The van der Waals surface area contributed by atoms with Gasteiger partial charge in [0.25, 0.3) is 0 Å². The molecule has 0 unspecified atom stereocenters. The summed E-state index contributed by atoms with van der Waals surface area (Å²) < 4.78 is 1.07. The van der Waals surface area contributed by atoms with E-state index in [2.05, 4.69) is 32.3 Å². The predicted octanol–water partition coefficient (Wildman–Crippen LogP) is 2.91. The second kappa shape index (κ2) is 5.80. The highest BCUT2D eigenvalue weighted by molar-refractivity contribution is 9.10. The third-order valence-corrected chi connectivity index (χ3v) is 2.90.